The van der Waals surface area contributed by atoms with Crippen LogP contribution in [0.1, 0.15) is 13.3 Å². The average molecular weight is 216 g/mol. The molecule has 0 aliphatic heterocycles. The van der Waals surface area contributed by atoms with Crippen LogP contribution in [0.25, 0.3) is 0 Å². The topological polar surface area (TPSA) is 15.7 Å². The van der Waals surface area contributed by atoms with E-state index in [0.717, 1.165) is 19.6 Å². The lowest BCUT2D eigenvalue weighted by atomic mass is 10.5. The molecule has 0 aromatic heterocycles. The van der Waals surface area contributed by atoms with Gasteiger partial charge >= 0.3 is 0 Å². The van der Waals surface area contributed by atoms with Crippen LogP contribution in [-0.4, -0.2) is 59.7 Å². The minimum atomic E-state index is -1.00. The van der Waals surface area contributed by atoms with Crippen molar-refractivity contribution in [1.29, 1.82) is 0 Å². The molecular formula is C10H24N2OSi. The first kappa shape index (κ1) is 13.8. The van der Waals surface area contributed by atoms with Gasteiger partial charge in [-0.2, -0.15) is 0 Å². The number of nitrogens with zero attached hydrogens (tertiary/aromatic N) is 2. The molecule has 0 spiro atoms. The van der Waals surface area contributed by atoms with Gasteiger partial charge in [-0.05, 0) is 41.5 Å². The summed E-state index contributed by atoms with van der Waals surface area (Å²) in [6.07, 6.45) is 3.27. The fraction of sp³-hybridized carbons (Fsp3) is 0.800. The number of hydrogen-bond acceptors (Lipinski definition) is 3. The van der Waals surface area contributed by atoms with Gasteiger partial charge in [0.2, 0.25) is 9.12 Å². The highest BCUT2D eigenvalue weighted by Crippen LogP contribution is 1.95. The zero-order chi connectivity index (χ0) is 11.0. The molecule has 0 aliphatic rings. The van der Waals surface area contributed by atoms with Gasteiger partial charge in [-0.3, -0.25) is 0 Å². The van der Waals surface area contributed by atoms with Gasteiger partial charge in [0.05, 0.1) is 0 Å². The Morgan fingerprint density at radius 3 is 2.14 bits per heavy atom. The molecule has 84 valence electrons. The summed E-state index contributed by atoms with van der Waals surface area (Å²) in [5.74, 6) is 0. The molecule has 0 saturated heterocycles. The largest absolute Gasteiger partial charge is 0.381 e. The maximum Gasteiger partial charge on any atom is 0.214 e. The van der Waals surface area contributed by atoms with Gasteiger partial charge in [0.15, 0.2) is 0 Å². The maximum atomic E-state index is 5.27. The Morgan fingerprint density at radius 1 is 1.14 bits per heavy atom. The Labute approximate surface area is 90.1 Å². The van der Waals surface area contributed by atoms with Gasteiger partial charge in [0.25, 0.3) is 0 Å². The van der Waals surface area contributed by atoms with E-state index in [4.69, 9.17) is 4.74 Å². The molecule has 0 aromatic rings. The molecular weight excluding hydrogens is 192 g/mol. The van der Waals surface area contributed by atoms with Crippen molar-refractivity contribution in [1.82, 2.24) is 9.13 Å². The summed E-state index contributed by atoms with van der Waals surface area (Å²) in [5, 5.41) is 0. The van der Waals surface area contributed by atoms with E-state index in [-0.39, 0.29) is 0 Å². The monoisotopic (exact) mass is 216 g/mol. The summed E-state index contributed by atoms with van der Waals surface area (Å²) < 4.78 is 9.91. The zero-order valence-corrected chi connectivity index (χ0v) is 11.3. The second kappa shape index (κ2) is 8.17. The first-order valence-corrected chi connectivity index (χ1v) is 6.86. The third kappa shape index (κ3) is 6.31. The van der Waals surface area contributed by atoms with Crippen molar-refractivity contribution in [3.63, 3.8) is 0 Å². The zero-order valence-electron chi connectivity index (χ0n) is 10.2. The summed E-state index contributed by atoms with van der Waals surface area (Å²) >= 11 is 0. The van der Waals surface area contributed by atoms with E-state index in [2.05, 4.69) is 49.1 Å². The van der Waals surface area contributed by atoms with Crippen LogP contribution in [0.5, 0.6) is 0 Å². The van der Waals surface area contributed by atoms with Crippen LogP contribution in [0.2, 0.25) is 0 Å². The van der Waals surface area contributed by atoms with Crippen LogP contribution < -0.4 is 0 Å². The van der Waals surface area contributed by atoms with Crippen LogP contribution in [0.4, 0.5) is 0 Å². The molecule has 0 aliphatic carbocycles. The minimum absolute atomic E-state index is 0.816. The molecule has 0 heterocycles. The minimum Gasteiger partial charge on any atom is -0.381 e. The lowest BCUT2D eigenvalue weighted by molar-refractivity contribution is 0.152. The quantitative estimate of drug-likeness (QED) is 0.463. The number of rotatable bonds is 7. The molecule has 0 unspecified atom stereocenters. The van der Waals surface area contributed by atoms with Crippen molar-refractivity contribution in [3.8, 4) is 0 Å². The van der Waals surface area contributed by atoms with Crippen LogP contribution in [-0.2, 0) is 4.74 Å². The second-order valence-corrected chi connectivity index (χ2v) is 7.03. The first-order valence-electron chi connectivity index (χ1n) is 5.16. The lowest BCUT2D eigenvalue weighted by Crippen LogP contribution is -2.44. The molecule has 0 saturated carbocycles. The van der Waals surface area contributed by atoms with E-state index in [0.29, 0.717) is 0 Å². The summed E-state index contributed by atoms with van der Waals surface area (Å²) in [6.45, 7) is 3.69. The average Bonchev–Trinajstić information content (AvgIpc) is 2.09. The summed E-state index contributed by atoms with van der Waals surface area (Å²) in [6, 6.07) is 0. The van der Waals surface area contributed by atoms with Gasteiger partial charge in [0, 0.05) is 13.2 Å². The van der Waals surface area contributed by atoms with Crippen LogP contribution in [0, 0.1) is 0 Å². The highest BCUT2D eigenvalue weighted by molar-refractivity contribution is 6.58. The maximum absolute atomic E-state index is 5.27. The highest BCUT2D eigenvalue weighted by atomic mass is 28.3. The fourth-order valence-corrected chi connectivity index (χ4v) is 3.37. The van der Waals surface area contributed by atoms with E-state index < -0.39 is 9.12 Å². The van der Waals surface area contributed by atoms with E-state index in [1.54, 1.807) is 0 Å². The summed E-state index contributed by atoms with van der Waals surface area (Å²) in [5.41, 5.74) is 2.35. The molecule has 0 N–H and O–H groups in total. The molecule has 0 bridgehead atoms. The van der Waals surface area contributed by atoms with Crippen molar-refractivity contribution in [2.45, 2.75) is 13.3 Å². The Balaban J connectivity index is 3.79. The molecule has 0 radical (unpaired) electrons. The van der Waals surface area contributed by atoms with Gasteiger partial charge in [-0.1, -0.05) is 11.8 Å². The van der Waals surface area contributed by atoms with Crippen molar-refractivity contribution in [3.05, 3.63) is 11.8 Å². The second-order valence-electron chi connectivity index (χ2n) is 3.75. The predicted octanol–water partition coefficient (Wildman–Crippen LogP) is 0.852. The van der Waals surface area contributed by atoms with Gasteiger partial charge in [0.1, 0.15) is 0 Å². The summed E-state index contributed by atoms with van der Waals surface area (Å²) in [7, 11) is 7.57. The third-order valence-electron chi connectivity index (χ3n) is 2.00. The van der Waals surface area contributed by atoms with Crippen molar-refractivity contribution < 1.29 is 4.74 Å². The van der Waals surface area contributed by atoms with E-state index >= 15 is 0 Å². The number of hydrogen-bond donors (Lipinski definition) is 0. The third-order valence-corrected chi connectivity index (χ3v) is 4.73. The fourth-order valence-electron chi connectivity index (χ4n) is 1.32. The molecule has 4 heteroatoms. The molecule has 0 aromatic carbocycles. The molecule has 14 heavy (non-hydrogen) atoms. The molecule has 0 amide bonds. The molecule has 3 nitrogen and oxygen atoms in total. The van der Waals surface area contributed by atoms with Crippen LogP contribution in [0.3, 0.4) is 0 Å². The van der Waals surface area contributed by atoms with Crippen molar-refractivity contribution in [2.75, 3.05) is 41.4 Å². The van der Waals surface area contributed by atoms with E-state index in [1.165, 1.54) is 0 Å². The summed E-state index contributed by atoms with van der Waals surface area (Å²) in [4.78, 5) is 0. The molecule has 0 atom stereocenters. The van der Waals surface area contributed by atoms with Crippen molar-refractivity contribution >= 4 is 9.12 Å². The standard InChI is InChI=1S/C10H24N2OSi/c1-6-13-9-7-8-10-14(11(2)3)12(4)5/h8,10,14H,6-7,9H2,1-5H3. The smallest absolute Gasteiger partial charge is 0.214 e. The van der Waals surface area contributed by atoms with Gasteiger partial charge in [-0.15, -0.1) is 0 Å². The number of ether oxygens (including phenoxy) is 1. The molecule has 0 fully saturated rings. The predicted molar refractivity (Wildman–Crippen MR) is 64.8 cm³/mol. The SMILES string of the molecule is CCOCCC=C[SiH](N(C)C)N(C)C. The van der Waals surface area contributed by atoms with E-state index in [1.807, 2.05) is 6.92 Å². The first-order chi connectivity index (χ1) is 6.59. The van der Waals surface area contributed by atoms with Crippen LogP contribution >= 0.6 is 0 Å². The highest BCUT2D eigenvalue weighted by Gasteiger charge is 2.11. The van der Waals surface area contributed by atoms with Crippen molar-refractivity contribution in [2.24, 2.45) is 0 Å². The lowest BCUT2D eigenvalue weighted by Gasteiger charge is -2.25. The van der Waals surface area contributed by atoms with E-state index in [9.17, 15) is 0 Å². The Hall–Kier alpha value is -0.163. The Kier molecular flexibility index (Phi) is 8.08. The Bertz CT molecular complexity index is 152. The van der Waals surface area contributed by atoms with Gasteiger partial charge < -0.3 is 13.9 Å². The van der Waals surface area contributed by atoms with Crippen LogP contribution in [0.15, 0.2) is 11.8 Å². The Morgan fingerprint density at radius 2 is 1.71 bits per heavy atom. The normalized spacial score (nSPS) is 12.6. The molecule has 0 rings (SSSR count). The van der Waals surface area contributed by atoms with Gasteiger partial charge in [-0.25, -0.2) is 0 Å².